The summed E-state index contributed by atoms with van der Waals surface area (Å²) in [4.78, 5) is 10.4. The molecule has 4 nitrogen and oxygen atoms in total. The SMILES string of the molecule is CCCCCCCOC(=O)C(C)(Cl)N=Nc1c(Cl)cc(Cl)cc1Cl. The molecule has 0 aliphatic heterocycles. The van der Waals surface area contributed by atoms with Gasteiger partial charge < -0.3 is 4.74 Å². The summed E-state index contributed by atoms with van der Waals surface area (Å²) in [7, 11) is 0. The van der Waals surface area contributed by atoms with E-state index >= 15 is 0 Å². The minimum atomic E-state index is -1.64. The Morgan fingerprint density at radius 1 is 1.12 bits per heavy atom. The van der Waals surface area contributed by atoms with Gasteiger partial charge in [-0.2, -0.15) is 10.2 Å². The number of halogens is 4. The van der Waals surface area contributed by atoms with Crippen LogP contribution in [0.3, 0.4) is 0 Å². The molecule has 1 aromatic rings. The molecule has 0 radical (unpaired) electrons. The predicted octanol–water partition coefficient (Wildman–Crippen LogP) is 7.20. The van der Waals surface area contributed by atoms with Crippen molar-refractivity contribution < 1.29 is 9.53 Å². The number of benzene rings is 1. The highest BCUT2D eigenvalue weighted by atomic mass is 35.5. The van der Waals surface area contributed by atoms with Gasteiger partial charge in [-0.05, 0) is 25.5 Å². The molecule has 1 atom stereocenters. The fourth-order valence-corrected chi connectivity index (χ4v) is 2.80. The van der Waals surface area contributed by atoms with E-state index in [1.54, 1.807) is 0 Å². The summed E-state index contributed by atoms with van der Waals surface area (Å²) in [6, 6.07) is 2.95. The molecule has 0 amide bonds. The number of carbonyl (C=O) groups is 1. The van der Waals surface area contributed by atoms with Crippen LogP contribution < -0.4 is 0 Å². The molecule has 0 aromatic heterocycles. The number of hydrogen-bond donors (Lipinski definition) is 0. The second kappa shape index (κ2) is 10.4. The van der Waals surface area contributed by atoms with Crippen LogP contribution in [0.25, 0.3) is 0 Å². The van der Waals surface area contributed by atoms with Crippen LogP contribution in [0.4, 0.5) is 5.69 Å². The maximum Gasteiger partial charge on any atom is 0.351 e. The van der Waals surface area contributed by atoms with E-state index in [2.05, 4.69) is 17.2 Å². The van der Waals surface area contributed by atoms with Crippen LogP contribution in [-0.4, -0.2) is 17.6 Å². The predicted molar refractivity (Wildman–Crippen MR) is 100.0 cm³/mol. The number of nitrogens with zero attached hydrogens (tertiary/aromatic N) is 2. The molecule has 0 bridgehead atoms. The summed E-state index contributed by atoms with van der Waals surface area (Å²) in [6.07, 6.45) is 5.27. The van der Waals surface area contributed by atoms with Crippen LogP contribution in [0.2, 0.25) is 15.1 Å². The first-order valence-corrected chi connectivity index (χ1v) is 9.22. The monoisotopic (exact) mass is 412 g/mol. The first-order valence-electron chi connectivity index (χ1n) is 7.71. The smallest absolute Gasteiger partial charge is 0.351 e. The summed E-state index contributed by atoms with van der Waals surface area (Å²) in [6.45, 7) is 3.85. The normalized spacial score (nSPS) is 13.9. The van der Waals surface area contributed by atoms with Crippen molar-refractivity contribution in [2.24, 2.45) is 10.2 Å². The zero-order valence-corrected chi connectivity index (χ0v) is 16.6. The maximum atomic E-state index is 12.0. The molecule has 0 saturated carbocycles. The average Bonchev–Trinajstić information content (AvgIpc) is 2.49. The standard InChI is InChI=1S/C16H20Cl4N2O2/c1-3-4-5-6-7-8-24-15(23)16(2,20)22-21-14-12(18)9-11(17)10-13(14)19/h9-10H,3-8H2,1-2H3. The van der Waals surface area contributed by atoms with Gasteiger partial charge >= 0.3 is 5.97 Å². The van der Waals surface area contributed by atoms with Gasteiger partial charge in [-0.1, -0.05) is 79.0 Å². The topological polar surface area (TPSA) is 51.0 Å². The van der Waals surface area contributed by atoms with Crippen molar-refractivity contribution in [2.45, 2.75) is 50.9 Å². The number of azo groups is 1. The van der Waals surface area contributed by atoms with Crippen LogP contribution >= 0.6 is 46.4 Å². The quantitative estimate of drug-likeness (QED) is 0.141. The lowest BCUT2D eigenvalue weighted by molar-refractivity contribution is -0.146. The third-order valence-corrected chi connectivity index (χ3v) is 4.20. The summed E-state index contributed by atoms with van der Waals surface area (Å²) in [5.41, 5.74) is 0.196. The molecule has 1 rings (SSSR count). The lowest BCUT2D eigenvalue weighted by Crippen LogP contribution is -2.28. The first-order chi connectivity index (χ1) is 11.3. The van der Waals surface area contributed by atoms with Crippen molar-refractivity contribution >= 4 is 58.1 Å². The van der Waals surface area contributed by atoms with Gasteiger partial charge in [-0.15, -0.1) is 0 Å². The lowest BCUT2D eigenvalue weighted by atomic mass is 10.2. The number of esters is 1. The molecular weight excluding hydrogens is 394 g/mol. The summed E-state index contributed by atoms with van der Waals surface area (Å²) in [5.74, 6) is -0.662. The Morgan fingerprint density at radius 2 is 1.71 bits per heavy atom. The van der Waals surface area contributed by atoms with Crippen LogP contribution in [0.1, 0.15) is 46.0 Å². The van der Waals surface area contributed by atoms with Gasteiger partial charge in [0.1, 0.15) is 5.69 Å². The van der Waals surface area contributed by atoms with Gasteiger partial charge in [0, 0.05) is 5.02 Å². The molecule has 0 aliphatic carbocycles. The van der Waals surface area contributed by atoms with E-state index in [-0.39, 0.29) is 15.7 Å². The van der Waals surface area contributed by atoms with Crippen molar-refractivity contribution in [3.05, 3.63) is 27.2 Å². The Kier molecular flexibility index (Phi) is 9.35. The fraction of sp³-hybridized carbons (Fsp3) is 0.562. The van der Waals surface area contributed by atoms with E-state index in [9.17, 15) is 4.79 Å². The Morgan fingerprint density at radius 3 is 2.29 bits per heavy atom. The number of hydrogen-bond acceptors (Lipinski definition) is 4. The van der Waals surface area contributed by atoms with Gasteiger partial charge in [-0.25, -0.2) is 4.79 Å². The van der Waals surface area contributed by atoms with Crippen molar-refractivity contribution in [3.8, 4) is 0 Å². The summed E-state index contributed by atoms with van der Waals surface area (Å²) < 4.78 is 5.14. The lowest BCUT2D eigenvalue weighted by Gasteiger charge is -2.14. The highest BCUT2D eigenvalue weighted by molar-refractivity contribution is 6.41. The van der Waals surface area contributed by atoms with E-state index in [0.29, 0.717) is 11.6 Å². The third kappa shape index (κ3) is 7.14. The molecule has 0 spiro atoms. The molecular formula is C16H20Cl4N2O2. The average molecular weight is 414 g/mol. The van der Waals surface area contributed by atoms with Crippen molar-refractivity contribution in [1.29, 1.82) is 0 Å². The highest BCUT2D eigenvalue weighted by Crippen LogP contribution is 2.37. The van der Waals surface area contributed by atoms with Crippen LogP contribution in [0.15, 0.2) is 22.4 Å². The molecule has 0 fully saturated rings. The second-order valence-corrected chi connectivity index (χ2v) is 7.41. The van der Waals surface area contributed by atoms with Gasteiger partial charge in [0.05, 0.1) is 16.7 Å². The largest absolute Gasteiger partial charge is 0.463 e. The number of ether oxygens (including phenoxy) is 1. The van der Waals surface area contributed by atoms with Crippen LogP contribution in [0.5, 0.6) is 0 Å². The highest BCUT2D eigenvalue weighted by Gasteiger charge is 2.32. The second-order valence-electron chi connectivity index (χ2n) is 5.42. The summed E-state index contributed by atoms with van der Waals surface area (Å²) in [5, 5.41) is 8.49. The minimum Gasteiger partial charge on any atom is -0.463 e. The minimum absolute atomic E-state index is 0.196. The molecule has 0 heterocycles. The number of carbonyl (C=O) groups excluding carboxylic acids is 1. The molecule has 1 unspecified atom stereocenters. The Labute approximate surface area is 162 Å². The van der Waals surface area contributed by atoms with Crippen molar-refractivity contribution in [2.75, 3.05) is 6.61 Å². The van der Waals surface area contributed by atoms with E-state index in [4.69, 9.17) is 51.1 Å². The number of rotatable bonds is 9. The number of alkyl halides is 1. The van der Waals surface area contributed by atoms with Gasteiger partial charge in [0.15, 0.2) is 0 Å². The van der Waals surface area contributed by atoms with Crippen LogP contribution in [-0.2, 0) is 9.53 Å². The van der Waals surface area contributed by atoms with Crippen molar-refractivity contribution in [1.82, 2.24) is 0 Å². The molecule has 0 saturated heterocycles. The molecule has 134 valence electrons. The zero-order chi connectivity index (χ0) is 18.2. The number of unbranched alkanes of at least 4 members (excludes halogenated alkanes) is 4. The van der Waals surface area contributed by atoms with Gasteiger partial charge in [0.2, 0.25) is 5.00 Å². The van der Waals surface area contributed by atoms with Crippen LogP contribution in [0, 0.1) is 0 Å². The van der Waals surface area contributed by atoms with E-state index in [1.165, 1.54) is 25.5 Å². The molecule has 8 heteroatoms. The maximum absolute atomic E-state index is 12.0. The molecule has 0 N–H and O–H groups in total. The third-order valence-electron chi connectivity index (χ3n) is 3.17. The van der Waals surface area contributed by atoms with Crippen molar-refractivity contribution in [3.63, 3.8) is 0 Å². The van der Waals surface area contributed by atoms with E-state index in [0.717, 1.165) is 25.7 Å². The van der Waals surface area contributed by atoms with Gasteiger partial charge in [0.25, 0.3) is 0 Å². The van der Waals surface area contributed by atoms with E-state index < -0.39 is 11.0 Å². The van der Waals surface area contributed by atoms with E-state index in [1.807, 2.05) is 0 Å². The Balaban J connectivity index is 2.60. The van der Waals surface area contributed by atoms with Gasteiger partial charge in [-0.3, -0.25) is 0 Å². The summed E-state index contributed by atoms with van der Waals surface area (Å²) >= 11 is 23.9. The molecule has 0 aliphatic rings. The fourth-order valence-electron chi connectivity index (χ4n) is 1.82. The molecule has 1 aromatic carbocycles. The zero-order valence-electron chi connectivity index (χ0n) is 13.6. The molecule has 24 heavy (non-hydrogen) atoms. The first kappa shape index (κ1) is 21.5. The Hall–Kier alpha value is -0.550. The Bertz CT molecular complexity index is 568.